The second kappa shape index (κ2) is 7.88. The van der Waals surface area contributed by atoms with Gasteiger partial charge in [0.05, 0.1) is 14.2 Å². The van der Waals surface area contributed by atoms with E-state index in [1.165, 1.54) is 10.9 Å². The highest BCUT2D eigenvalue weighted by atomic mass is 16.5. The van der Waals surface area contributed by atoms with Gasteiger partial charge in [-0.2, -0.15) is 0 Å². The van der Waals surface area contributed by atoms with Crippen molar-refractivity contribution in [1.29, 1.82) is 0 Å². The summed E-state index contributed by atoms with van der Waals surface area (Å²) in [5, 5.41) is 1.28. The fraction of sp³-hybridized carbons (Fsp3) is 0.381. The van der Waals surface area contributed by atoms with Gasteiger partial charge in [0.15, 0.2) is 11.6 Å². The van der Waals surface area contributed by atoms with Gasteiger partial charge in [-0.05, 0) is 36.2 Å². The van der Waals surface area contributed by atoms with Crippen LogP contribution in [0.1, 0.15) is 5.56 Å². The molecule has 3 heterocycles. The molecule has 4 rings (SSSR count). The summed E-state index contributed by atoms with van der Waals surface area (Å²) in [5.74, 6) is 2.68. The smallest absolute Gasteiger partial charge is 0.171 e. The van der Waals surface area contributed by atoms with Crippen LogP contribution in [-0.2, 0) is 6.42 Å². The predicted molar refractivity (Wildman–Crippen MR) is 108 cm³/mol. The lowest BCUT2D eigenvalue weighted by molar-refractivity contribution is 0.259. The second-order valence-corrected chi connectivity index (χ2v) is 6.83. The molecule has 2 aromatic heterocycles. The van der Waals surface area contributed by atoms with E-state index in [4.69, 9.17) is 9.47 Å². The fourth-order valence-electron chi connectivity index (χ4n) is 3.74. The minimum atomic E-state index is 0.847. The first kappa shape index (κ1) is 17.7. The van der Waals surface area contributed by atoms with E-state index in [1.54, 1.807) is 14.2 Å². The number of anilines is 1. The molecule has 1 fully saturated rings. The van der Waals surface area contributed by atoms with E-state index < -0.39 is 0 Å². The number of rotatable bonds is 6. The molecule has 0 radical (unpaired) electrons. The van der Waals surface area contributed by atoms with Crippen LogP contribution in [0.2, 0.25) is 0 Å². The highest BCUT2D eigenvalue weighted by Gasteiger charge is 2.20. The van der Waals surface area contributed by atoms with Crippen LogP contribution in [0.25, 0.3) is 10.9 Å². The number of H-pyrrole nitrogens is 1. The van der Waals surface area contributed by atoms with Crippen molar-refractivity contribution in [3.8, 4) is 11.5 Å². The van der Waals surface area contributed by atoms with Gasteiger partial charge in [-0.1, -0.05) is 0 Å². The summed E-state index contributed by atoms with van der Waals surface area (Å²) in [6.07, 6.45) is 4.99. The fourth-order valence-corrected chi connectivity index (χ4v) is 3.74. The Balaban J connectivity index is 1.35. The zero-order valence-corrected chi connectivity index (χ0v) is 15.9. The van der Waals surface area contributed by atoms with Crippen LogP contribution in [-0.4, -0.2) is 61.8 Å². The first-order valence-corrected chi connectivity index (χ1v) is 9.39. The number of aromatic nitrogens is 2. The molecular formula is C21H26N4O2. The predicted octanol–water partition coefficient (Wildman–Crippen LogP) is 2.94. The lowest BCUT2D eigenvalue weighted by Gasteiger charge is -2.35. The summed E-state index contributed by atoms with van der Waals surface area (Å²) in [6.45, 7) is 5.08. The molecule has 1 aliphatic heterocycles. The Morgan fingerprint density at radius 2 is 1.93 bits per heavy atom. The van der Waals surface area contributed by atoms with Gasteiger partial charge in [0.1, 0.15) is 5.75 Å². The molecular weight excluding hydrogens is 340 g/mol. The number of ether oxygens (including phenoxy) is 2. The van der Waals surface area contributed by atoms with Gasteiger partial charge in [0, 0.05) is 62.1 Å². The highest BCUT2D eigenvalue weighted by Crippen LogP contribution is 2.26. The van der Waals surface area contributed by atoms with Crippen LogP contribution in [0, 0.1) is 0 Å². The zero-order valence-electron chi connectivity index (χ0n) is 15.9. The molecule has 1 N–H and O–H groups in total. The lowest BCUT2D eigenvalue weighted by Crippen LogP contribution is -2.47. The quantitative estimate of drug-likeness (QED) is 0.727. The van der Waals surface area contributed by atoms with E-state index in [1.807, 2.05) is 24.4 Å². The van der Waals surface area contributed by atoms with Crippen molar-refractivity contribution in [3.05, 3.63) is 48.3 Å². The van der Waals surface area contributed by atoms with Gasteiger partial charge in [0.25, 0.3) is 0 Å². The first-order chi connectivity index (χ1) is 13.3. The average molecular weight is 366 g/mol. The number of fused-ring (bicyclic) bond motifs is 1. The molecule has 0 bridgehead atoms. The topological polar surface area (TPSA) is 53.6 Å². The Morgan fingerprint density at radius 3 is 2.70 bits per heavy atom. The van der Waals surface area contributed by atoms with Gasteiger partial charge in [-0.15, -0.1) is 0 Å². The summed E-state index contributed by atoms with van der Waals surface area (Å²) < 4.78 is 10.8. The maximum Gasteiger partial charge on any atom is 0.171 e. The minimum Gasteiger partial charge on any atom is -0.497 e. The molecule has 0 amide bonds. The number of pyridine rings is 1. The van der Waals surface area contributed by atoms with E-state index in [2.05, 4.69) is 38.1 Å². The summed E-state index contributed by atoms with van der Waals surface area (Å²) in [7, 11) is 3.40. The lowest BCUT2D eigenvalue weighted by atomic mass is 10.1. The molecule has 27 heavy (non-hydrogen) atoms. The second-order valence-electron chi connectivity index (χ2n) is 6.83. The highest BCUT2D eigenvalue weighted by molar-refractivity contribution is 5.84. The molecule has 0 saturated carbocycles. The molecule has 0 unspecified atom stereocenters. The van der Waals surface area contributed by atoms with Crippen LogP contribution < -0.4 is 14.4 Å². The van der Waals surface area contributed by atoms with Gasteiger partial charge in [0.2, 0.25) is 0 Å². The van der Waals surface area contributed by atoms with E-state index in [-0.39, 0.29) is 0 Å². The Morgan fingerprint density at radius 1 is 1.07 bits per heavy atom. The number of methoxy groups -OCH3 is 2. The van der Waals surface area contributed by atoms with Crippen molar-refractivity contribution in [2.24, 2.45) is 0 Å². The molecule has 1 saturated heterocycles. The molecule has 6 nitrogen and oxygen atoms in total. The molecule has 6 heteroatoms. The Labute approximate surface area is 159 Å². The van der Waals surface area contributed by atoms with Crippen molar-refractivity contribution in [2.45, 2.75) is 6.42 Å². The number of piperazine rings is 1. The van der Waals surface area contributed by atoms with E-state index >= 15 is 0 Å². The zero-order chi connectivity index (χ0) is 18.6. The van der Waals surface area contributed by atoms with E-state index in [9.17, 15) is 0 Å². The number of benzene rings is 1. The van der Waals surface area contributed by atoms with E-state index in [0.717, 1.165) is 62.0 Å². The SMILES string of the molecule is COc1ccc2c(CCN3CCN(c4ncccc4OC)CC3)c[nH]c2c1. The molecule has 3 aromatic rings. The maximum atomic E-state index is 5.45. The third-order valence-corrected chi connectivity index (χ3v) is 5.31. The number of nitrogens with one attached hydrogen (secondary N) is 1. The van der Waals surface area contributed by atoms with Gasteiger partial charge < -0.3 is 19.4 Å². The van der Waals surface area contributed by atoms with Crippen molar-refractivity contribution < 1.29 is 9.47 Å². The third-order valence-electron chi connectivity index (χ3n) is 5.31. The Hall–Kier alpha value is -2.73. The molecule has 0 atom stereocenters. The molecule has 142 valence electrons. The first-order valence-electron chi connectivity index (χ1n) is 9.39. The molecule has 1 aromatic carbocycles. The average Bonchev–Trinajstić information content (AvgIpc) is 3.14. The summed E-state index contributed by atoms with van der Waals surface area (Å²) in [6, 6.07) is 10.1. The van der Waals surface area contributed by atoms with Gasteiger partial charge in [-0.3, -0.25) is 4.90 Å². The molecule has 0 spiro atoms. The van der Waals surface area contributed by atoms with Crippen molar-refractivity contribution in [2.75, 3.05) is 51.8 Å². The van der Waals surface area contributed by atoms with Crippen LogP contribution in [0.5, 0.6) is 11.5 Å². The standard InChI is InChI=1S/C21H26N4O2/c1-26-17-5-6-18-16(15-23-19(18)14-17)7-9-24-10-12-25(13-11-24)21-20(27-2)4-3-8-22-21/h3-6,8,14-15,23H,7,9-13H2,1-2H3. The van der Waals surface area contributed by atoms with Crippen molar-refractivity contribution in [3.63, 3.8) is 0 Å². The minimum absolute atomic E-state index is 0.847. The monoisotopic (exact) mass is 366 g/mol. The van der Waals surface area contributed by atoms with Gasteiger partial charge >= 0.3 is 0 Å². The Bertz CT molecular complexity index is 900. The molecule has 0 aliphatic carbocycles. The molecule has 1 aliphatic rings. The third kappa shape index (κ3) is 3.71. The van der Waals surface area contributed by atoms with Crippen molar-refractivity contribution in [1.82, 2.24) is 14.9 Å². The summed E-state index contributed by atoms with van der Waals surface area (Å²) in [4.78, 5) is 12.7. The van der Waals surface area contributed by atoms with Gasteiger partial charge in [-0.25, -0.2) is 4.98 Å². The van der Waals surface area contributed by atoms with E-state index in [0.29, 0.717) is 0 Å². The number of nitrogens with zero attached hydrogens (tertiary/aromatic N) is 3. The summed E-state index contributed by atoms with van der Waals surface area (Å²) >= 11 is 0. The number of aromatic amines is 1. The Kier molecular flexibility index (Phi) is 5.16. The summed E-state index contributed by atoms with van der Waals surface area (Å²) in [5.41, 5.74) is 2.50. The van der Waals surface area contributed by atoms with Crippen LogP contribution in [0.15, 0.2) is 42.7 Å². The van der Waals surface area contributed by atoms with Crippen LogP contribution in [0.4, 0.5) is 5.82 Å². The van der Waals surface area contributed by atoms with Crippen LogP contribution >= 0.6 is 0 Å². The largest absolute Gasteiger partial charge is 0.497 e. The number of hydrogen-bond donors (Lipinski definition) is 1. The van der Waals surface area contributed by atoms with Crippen LogP contribution in [0.3, 0.4) is 0 Å². The maximum absolute atomic E-state index is 5.45. The number of hydrogen-bond acceptors (Lipinski definition) is 5. The normalized spacial score (nSPS) is 15.3. The van der Waals surface area contributed by atoms with Crippen molar-refractivity contribution >= 4 is 16.7 Å².